The summed E-state index contributed by atoms with van der Waals surface area (Å²) >= 11 is 0. The summed E-state index contributed by atoms with van der Waals surface area (Å²) < 4.78 is 46.3. The first-order valence-corrected chi connectivity index (χ1v) is 21.3. The summed E-state index contributed by atoms with van der Waals surface area (Å²) in [6.45, 7) is 13.9. The van der Waals surface area contributed by atoms with Crippen LogP contribution in [0.5, 0.6) is 11.5 Å². The molecule has 3 aromatic carbocycles. The predicted molar refractivity (Wildman–Crippen MR) is 228 cm³/mol. The Labute approximate surface area is 359 Å². The minimum atomic E-state index is -4.65. The fourth-order valence-corrected chi connectivity index (χ4v) is 8.40. The zero-order valence-corrected chi connectivity index (χ0v) is 36.3. The van der Waals surface area contributed by atoms with E-state index in [0.717, 1.165) is 23.8 Å². The number of alkyl carbamates (subject to hydrolysis) is 1. The number of non-ortho nitro benzene ring substituents is 1. The fraction of sp³-hybridized carbons (Fsp3) is 0.386. The number of nitrogens with zero attached hydrogens (tertiary/aromatic N) is 3. The molecule has 1 saturated carbocycles. The Morgan fingerprint density at radius 1 is 1.00 bits per heavy atom. The van der Waals surface area contributed by atoms with Crippen LogP contribution in [-0.2, 0) is 29.1 Å². The number of carbonyl (C=O) groups is 4. The zero-order valence-electron chi connectivity index (χ0n) is 35.5. The van der Waals surface area contributed by atoms with Crippen LogP contribution in [0.15, 0.2) is 96.4 Å². The number of aromatic nitrogens is 1. The summed E-state index contributed by atoms with van der Waals surface area (Å²) in [4.78, 5) is 72.6. The highest BCUT2D eigenvalue weighted by atomic mass is 32.2. The van der Waals surface area contributed by atoms with Crippen LogP contribution in [0.3, 0.4) is 0 Å². The highest BCUT2D eigenvalue weighted by molar-refractivity contribution is 7.90. The number of ether oxygens (including phenoxy) is 3. The van der Waals surface area contributed by atoms with Crippen molar-refractivity contribution in [2.75, 3.05) is 13.7 Å². The van der Waals surface area contributed by atoms with E-state index in [0.29, 0.717) is 28.1 Å². The molecular weight excluding hydrogens is 821 g/mol. The lowest BCUT2D eigenvalue weighted by Gasteiger charge is -2.36. The molecule has 4 amide bonds. The van der Waals surface area contributed by atoms with E-state index in [1.807, 2.05) is 35.1 Å². The summed E-state index contributed by atoms with van der Waals surface area (Å²) in [6, 6.07) is 18.2. The van der Waals surface area contributed by atoms with Gasteiger partial charge in [0.25, 0.3) is 21.6 Å². The van der Waals surface area contributed by atoms with Gasteiger partial charge in [-0.15, -0.1) is 6.58 Å². The Bertz CT molecular complexity index is 2540. The second kappa shape index (κ2) is 17.1. The summed E-state index contributed by atoms with van der Waals surface area (Å²) in [7, 11) is -3.11. The number of likely N-dealkylation sites (tertiary alicyclic amines) is 1. The van der Waals surface area contributed by atoms with Gasteiger partial charge in [-0.1, -0.05) is 63.2 Å². The molecule has 3 N–H and O–H groups in total. The van der Waals surface area contributed by atoms with Gasteiger partial charge < -0.3 is 29.7 Å². The maximum Gasteiger partial charge on any atom is 0.408 e. The molecule has 2 heterocycles. The highest BCUT2D eigenvalue weighted by Crippen LogP contribution is 2.45. The van der Waals surface area contributed by atoms with Crippen molar-refractivity contribution in [1.29, 1.82) is 0 Å². The van der Waals surface area contributed by atoms with Crippen LogP contribution in [-0.4, -0.2) is 90.0 Å². The molecule has 1 saturated heterocycles. The second-order valence-corrected chi connectivity index (χ2v) is 19.1. The molecule has 0 radical (unpaired) electrons. The average Bonchev–Trinajstić information content (AvgIpc) is 3.77. The van der Waals surface area contributed by atoms with E-state index >= 15 is 0 Å². The molecule has 6 rings (SSSR count). The number of fused-ring (bicyclic) bond motifs is 1. The number of nitrogens with one attached hydrogen (secondary N) is 3. The van der Waals surface area contributed by atoms with Crippen LogP contribution in [0, 0.1) is 21.4 Å². The Balaban J connectivity index is 1.35. The molecule has 62 heavy (non-hydrogen) atoms. The number of hydrogen-bond acceptors (Lipinski definition) is 12. The number of sulfonamides is 1. The normalized spacial score (nSPS) is 20.4. The lowest BCUT2D eigenvalue weighted by molar-refractivity contribution is -0.385. The van der Waals surface area contributed by atoms with Crippen LogP contribution in [0.4, 0.5) is 10.5 Å². The Hall–Kier alpha value is -6.56. The van der Waals surface area contributed by atoms with E-state index in [9.17, 15) is 37.7 Å². The molecule has 0 bridgehead atoms. The maximum absolute atomic E-state index is 14.8. The number of carbonyl (C=O) groups excluding carboxylic acids is 4. The van der Waals surface area contributed by atoms with Gasteiger partial charge in [0.2, 0.25) is 11.8 Å². The van der Waals surface area contributed by atoms with Gasteiger partial charge in [0.1, 0.15) is 40.8 Å². The predicted octanol–water partition coefficient (Wildman–Crippen LogP) is 5.67. The van der Waals surface area contributed by atoms with Crippen molar-refractivity contribution in [3.05, 3.63) is 102 Å². The van der Waals surface area contributed by atoms with E-state index in [1.54, 1.807) is 72.9 Å². The second-order valence-electron chi connectivity index (χ2n) is 17.4. The quantitative estimate of drug-likeness (QED) is 0.0839. The van der Waals surface area contributed by atoms with Crippen molar-refractivity contribution in [2.24, 2.45) is 11.3 Å². The molecule has 4 aromatic rings. The molecule has 5 atom stereocenters. The van der Waals surface area contributed by atoms with Crippen molar-refractivity contribution < 1.29 is 46.7 Å². The third kappa shape index (κ3) is 9.80. The molecule has 1 aliphatic carbocycles. The SMILES string of the molecule is C=C[C@@H]1C[C@]1(NC(=O)[C@@H]1C[C@@H](Oc2cc(-c3ccccc3)nc3cc(OC)ccc23)CN1C(=O)[C@@H](NC(=O)OC(C)(C)C)C(C)(C)C)C(=O)NS(=O)(=O)c1cccc([N+](=O)[O-])c1. The molecule has 1 aliphatic heterocycles. The van der Waals surface area contributed by atoms with Crippen molar-refractivity contribution in [2.45, 2.75) is 88.6 Å². The number of methoxy groups -OCH3 is 1. The lowest BCUT2D eigenvalue weighted by atomic mass is 9.85. The number of nitro benzene ring substituents is 1. The van der Waals surface area contributed by atoms with Crippen molar-refractivity contribution in [1.82, 2.24) is 25.2 Å². The molecular formula is C44H50N6O11S. The van der Waals surface area contributed by atoms with Gasteiger partial charge in [0.05, 0.1) is 34.7 Å². The van der Waals surface area contributed by atoms with Crippen molar-refractivity contribution >= 4 is 50.4 Å². The number of benzene rings is 3. The number of nitro groups is 1. The summed E-state index contributed by atoms with van der Waals surface area (Å²) in [5, 5.41) is 17.4. The highest BCUT2D eigenvalue weighted by Gasteiger charge is 2.61. The first-order chi connectivity index (χ1) is 29.0. The van der Waals surface area contributed by atoms with Gasteiger partial charge in [0, 0.05) is 47.6 Å². The first kappa shape index (κ1) is 45.0. The van der Waals surface area contributed by atoms with Gasteiger partial charge in [0.15, 0.2) is 0 Å². The van der Waals surface area contributed by atoms with Gasteiger partial charge in [-0.05, 0) is 50.8 Å². The molecule has 0 unspecified atom stereocenters. The van der Waals surface area contributed by atoms with Gasteiger partial charge in [-0.25, -0.2) is 22.9 Å². The third-order valence-electron chi connectivity index (χ3n) is 10.6. The van der Waals surface area contributed by atoms with Gasteiger partial charge >= 0.3 is 6.09 Å². The summed E-state index contributed by atoms with van der Waals surface area (Å²) in [6.07, 6.45) is -0.375. The van der Waals surface area contributed by atoms with Crippen molar-refractivity contribution in [3.63, 3.8) is 0 Å². The topological polar surface area (TPSA) is 225 Å². The van der Waals surface area contributed by atoms with Crippen LogP contribution < -0.4 is 24.8 Å². The number of pyridine rings is 1. The molecule has 1 aromatic heterocycles. The Morgan fingerprint density at radius 3 is 2.32 bits per heavy atom. The van der Waals surface area contributed by atoms with Crippen LogP contribution in [0.1, 0.15) is 54.4 Å². The smallest absolute Gasteiger partial charge is 0.408 e. The van der Waals surface area contributed by atoms with Crippen LogP contribution in [0.25, 0.3) is 22.2 Å². The monoisotopic (exact) mass is 870 g/mol. The van der Waals surface area contributed by atoms with E-state index in [1.165, 1.54) is 17.0 Å². The largest absolute Gasteiger partial charge is 0.497 e. The van der Waals surface area contributed by atoms with Gasteiger partial charge in [-0.3, -0.25) is 24.5 Å². The Morgan fingerprint density at radius 2 is 1.71 bits per heavy atom. The molecule has 18 heteroatoms. The summed E-state index contributed by atoms with van der Waals surface area (Å²) in [5.41, 5.74) is -2.13. The van der Waals surface area contributed by atoms with E-state index in [2.05, 4.69) is 17.2 Å². The first-order valence-electron chi connectivity index (χ1n) is 19.8. The summed E-state index contributed by atoms with van der Waals surface area (Å²) in [5.74, 6) is -2.27. The molecule has 17 nitrogen and oxygen atoms in total. The molecule has 2 aliphatic rings. The number of rotatable bonds is 13. The van der Waals surface area contributed by atoms with Crippen molar-refractivity contribution in [3.8, 4) is 22.8 Å². The number of hydrogen-bond donors (Lipinski definition) is 3. The van der Waals surface area contributed by atoms with E-state index in [4.69, 9.17) is 19.2 Å². The van der Waals surface area contributed by atoms with E-state index in [-0.39, 0.29) is 19.4 Å². The minimum Gasteiger partial charge on any atom is -0.497 e. The molecule has 0 spiro atoms. The van der Waals surface area contributed by atoms with E-state index < -0.39 is 90.0 Å². The third-order valence-corrected chi connectivity index (χ3v) is 11.9. The molecule has 2 fully saturated rings. The minimum absolute atomic E-state index is 0.0291. The average molecular weight is 871 g/mol. The maximum atomic E-state index is 14.8. The van der Waals surface area contributed by atoms with Crippen LogP contribution in [0.2, 0.25) is 0 Å². The standard InChI is InChI=1S/C44H50N6O11S/c1-9-27-24-44(27,40(53)48-62(57,58)31-17-13-16-28(20-31)50(55)56)47-38(51)35-22-30(25-49(35)39(52)37(42(2,3)4)46-41(54)61-43(5,6)7)60-36-23-33(26-14-11-10-12-15-26)45-34-21-29(59-8)18-19-32(34)36/h9-21,23,27,30,35,37H,1,22,24-25H2,2-8H3,(H,46,54)(H,47,51)(H,48,53)/t27-,30-,35+,37-,44-/m1/s1. The number of amides is 4. The zero-order chi connectivity index (χ0) is 45.4. The fourth-order valence-electron chi connectivity index (χ4n) is 7.33. The molecule has 328 valence electrons. The lowest BCUT2D eigenvalue weighted by Crippen LogP contribution is -2.60. The van der Waals surface area contributed by atoms with Crippen LogP contribution >= 0.6 is 0 Å². The van der Waals surface area contributed by atoms with Gasteiger partial charge in [-0.2, -0.15) is 0 Å². The Kier molecular flexibility index (Phi) is 12.4.